The van der Waals surface area contributed by atoms with Gasteiger partial charge in [0.05, 0.1) is 0 Å². The van der Waals surface area contributed by atoms with Gasteiger partial charge in [0.1, 0.15) is 0 Å². The molecular formula is C8H15Br. The van der Waals surface area contributed by atoms with Crippen LogP contribution >= 0.6 is 15.9 Å². The van der Waals surface area contributed by atoms with Gasteiger partial charge in [-0.2, -0.15) is 0 Å². The summed E-state index contributed by atoms with van der Waals surface area (Å²) in [5.41, 5.74) is 1.52. The second kappa shape index (κ2) is 6.34. The fourth-order valence-electron chi connectivity index (χ4n) is 0.796. The summed E-state index contributed by atoms with van der Waals surface area (Å²) in [6, 6.07) is 0. The summed E-state index contributed by atoms with van der Waals surface area (Å²) in [5.74, 6) is 0. The van der Waals surface area contributed by atoms with Crippen LogP contribution in [0, 0.1) is 0 Å². The van der Waals surface area contributed by atoms with Gasteiger partial charge in [0.25, 0.3) is 0 Å². The smallest absolute Gasteiger partial charge is 0.00343 e. The van der Waals surface area contributed by atoms with Crippen molar-refractivity contribution < 1.29 is 0 Å². The summed E-state index contributed by atoms with van der Waals surface area (Å²) in [4.78, 5) is 0. The van der Waals surface area contributed by atoms with E-state index >= 15 is 0 Å². The second-order valence-corrected chi connectivity index (χ2v) is 3.04. The monoisotopic (exact) mass is 190 g/mol. The third-order valence-corrected chi connectivity index (χ3v) is 1.82. The maximum Gasteiger partial charge on any atom is 0.00343 e. The van der Waals surface area contributed by atoms with Crippen LogP contribution in [0.15, 0.2) is 11.6 Å². The van der Waals surface area contributed by atoms with Gasteiger partial charge < -0.3 is 0 Å². The minimum Gasteiger partial charge on any atom is -0.0928 e. The standard InChI is InChI=1S/C8H15Br/c1-3-5-8(2)6-4-7-9/h5H,3-4,6-7H2,1-2H3. The van der Waals surface area contributed by atoms with E-state index in [9.17, 15) is 0 Å². The highest BCUT2D eigenvalue weighted by atomic mass is 79.9. The Balaban J connectivity index is 3.25. The van der Waals surface area contributed by atoms with Crippen molar-refractivity contribution >= 4 is 15.9 Å². The summed E-state index contributed by atoms with van der Waals surface area (Å²) < 4.78 is 0. The van der Waals surface area contributed by atoms with Gasteiger partial charge in [0, 0.05) is 5.33 Å². The molecule has 0 aliphatic carbocycles. The average Bonchev–Trinajstić information content (AvgIpc) is 1.85. The van der Waals surface area contributed by atoms with Gasteiger partial charge in [-0.3, -0.25) is 0 Å². The minimum absolute atomic E-state index is 1.13. The van der Waals surface area contributed by atoms with Crippen LogP contribution < -0.4 is 0 Å². The zero-order chi connectivity index (χ0) is 7.11. The molecule has 0 aromatic heterocycles. The summed E-state index contributed by atoms with van der Waals surface area (Å²) in [6.07, 6.45) is 5.98. The van der Waals surface area contributed by atoms with Crippen LogP contribution in [0.4, 0.5) is 0 Å². The highest BCUT2D eigenvalue weighted by Crippen LogP contribution is 2.05. The Morgan fingerprint density at radius 1 is 1.56 bits per heavy atom. The van der Waals surface area contributed by atoms with E-state index in [-0.39, 0.29) is 0 Å². The molecule has 0 unspecified atom stereocenters. The van der Waals surface area contributed by atoms with Crippen LogP contribution in [-0.2, 0) is 0 Å². The molecule has 0 aliphatic heterocycles. The third kappa shape index (κ3) is 6.10. The first-order chi connectivity index (χ1) is 4.31. The molecule has 0 rings (SSSR count). The molecule has 0 amide bonds. The second-order valence-electron chi connectivity index (χ2n) is 2.25. The van der Waals surface area contributed by atoms with E-state index in [2.05, 4.69) is 35.9 Å². The molecule has 0 nitrogen and oxygen atoms in total. The SMILES string of the molecule is CCC=C(C)CCCBr. The van der Waals surface area contributed by atoms with E-state index in [4.69, 9.17) is 0 Å². The fraction of sp³-hybridized carbons (Fsp3) is 0.750. The normalized spacial score (nSPS) is 12.1. The number of allylic oxidation sites excluding steroid dienone is 2. The molecule has 0 spiro atoms. The van der Waals surface area contributed by atoms with Crippen LogP contribution in [0.25, 0.3) is 0 Å². The Morgan fingerprint density at radius 2 is 2.22 bits per heavy atom. The van der Waals surface area contributed by atoms with Crippen molar-refractivity contribution in [3.8, 4) is 0 Å². The highest BCUT2D eigenvalue weighted by Gasteiger charge is 1.86. The molecule has 0 aliphatic rings. The van der Waals surface area contributed by atoms with Crippen molar-refractivity contribution in [1.82, 2.24) is 0 Å². The van der Waals surface area contributed by atoms with Crippen LogP contribution in [0.5, 0.6) is 0 Å². The van der Waals surface area contributed by atoms with Crippen molar-refractivity contribution in [1.29, 1.82) is 0 Å². The van der Waals surface area contributed by atoms with Crippen LogP contribution in [0.3, 0.4) is 0 Å². The molecule has 54 valence electrons. The van der Waals surface area contributed by atoms with E-state index in [1.54, 1.807) is 0 Å². The zero-order valence-electron chi connectivity index (χ0n) is 6.28. The lowest BCUT2D eigenvalue weighted by Crippen LogP contribution is -1.78. The van der Waals surface area contributed by atoms with Gasteiger partial charge in [0.15, 0.2) is 0 Å². The summed E-state index contributed by atoms with van der Waals surface area (Å²) >= 11 is 3.40. The summed E-state index contributed by atoms with van der Waals surface area (Å²) in [5, 5.41) is 1.13. The van der Waals surface area contributed by atoms with Crippen molar-refractivity contribution in [2.24, 2.45) is 0 Å². The maximum atomic E-state index is 3.40. The molecule has 0 radical (unpaired) electrons. The predicted molar refractivity (Wildman–Crippen MR) is 47.1 cm³/mol. The molecule has 0 saturated carbocycles. The molecule has 0 saturated heterocycles. The number of hydrogen-bond acceptors (Lipinski definition) is 0. The van der Waals surface area contributed by atoms with Gasteiger partial charge in [-0.15, -0.1) is 0 Å². The van der Waals surface area contributed by atoms with Crippen LogP contribution in [0.2, 0.25) is 0 Å². The molecule has 1 heteroatoms. The molecule has 9 heavy (non-hydrogen) atoms. The molecule has 0 N–H and O–H groups in total. The Kier molecular flexibility index (Phi) is 6.50. The van der Waals surface area contributed by atoms with Crippen LogP contribution in [0.1, 0.15) is 33.1 Å². The molecule has 0 atom stereocenters. The Morgan fingerprint density at radius 3 is 2.67 bits per heavy atom. The van der Waals surface area contributed by atoms with E-state index in [0.29, 0.717) is 0 Å². The third-order valence-electron chi connectivity index (χ3n) is 1.26. The lowest BCUT2D eigenvalue weighted by molar-refractivity contribution is 0.911. The van der Waals surface area contributed by atoms with Crippen molar-refractivity contribution in [3.05, 3.63) is 11.6 Å². The lowest BCUT2D eigenvalue weighted by Gasteiger charge is -1.95. The quantitative estimate of drug-likeness (QED) is 0.471. The van der Waals surface area contributed by atoms with Gasteiger partial charge >= 0.3 is 0 Å². The first-order valence-electron chi connectivity index (χ1n) is 3.52. The molecule has 0 fully saturated rings. The molecule has 0 bridgehead atoms. The van der Waals surface area contributed by atoms with Crippen LogP contribution in [-0.4, -0.2) is 5.33 Å². The number of hydrogen-bond donors (Lipinski definition) is 0. The van der Waals surface area contributed by atoms with E-state index < -0.39 is 0 Å². The van der Waals surface area contributed by atoms with Crippen molar-refractivity contribution in [2.75, 3.05) is 5.33 Å². The fourth-order valence-corrected chi connectivity index (χ4v) is 1.08. The zero-order valence-corrected chi connectivity index (χ0v) is 7.87. The number of halogens is 1. The Hall–Kier alpha value is 0.220. The largest absolute Gasteiger partial charge is 0.0928 e. The van der Waals surface area contributed by atoms with Gasteiger partial charge in [-0.05, 0) is 26.2 Å². The van der Waals surface area contributed by atoms with E-state index in [0.717, 1.165) is 5.33 Å². The van der Waals surface area contributed by atoms with E-state index in [1.165, 1.54) is 24.8 Å². The number of rotatable bonds is 4. The minimum atomic E-state index is 1.13. The molecular weight excluding hydrogens is 176 g/mol. The summed E-state index contributed by atoms with van der Waals surface area (Å²) in [6.45, 7) is 4.38. The van der Waals surface area contributed by atoms with Gasteiger partial charge in [-0.25, -0.2) is 0 Å². The summed E-state index contributed by atoms with van der Waals surface area (Å²) in [7, 11) is 0. The lowest BCUT2D eigenvalue weighted by atomic mass is 10.1. The Bertz CT molecular complexity index is 84.6. The van der Waals surface area contributed by atoms with E-state index in [1.807, 2.05) is 0 Å². The maximum absolute atomic E-state index is 3.40. The number of alkyl halides is 1. The van der Waals surface area contributed by atoms with Gasteiger partial charge in [0.2, 0.25) is 0 Å². The topological polar surface area (TPSA) is 0 Å². The Labute approximate surface area is 66.5 Å². The molecule has 0 aromatic rings. The van der Waals surface area contributed by atoms with Crippen molar-refractivity contribution in [2.45, 2.75) is 33.1 Å². The molecule has 0 aromatic carbocycles. The predicted octanol–water partition coefficient (Wildman–Crippen LogP) is 3.52. The van der Waals surface area contributed by atoms with Gasteiger partial charge in [-0.1, -0.05) is 34.5 Å². The first-order valence-corrected chi connectivity index (χ1v) is 4.65. The first kappa shape index (κ1) is 9.22. The van der Waals surface area contributed by atoms with Crippen molar-refractivity contribution in [3.63, 3.8) is 0 Å². The molecule has 0 heterocycles. The average molecular weight is 191 g/mol. The highest BCUT2D eigenvalue weighted by molar-refractivity contribution is 9.09.